The normalized spacial score (nSPS) is 22.3. The standard InChI is InChI=1S/C16H28N2O4/c1-3-14(16(20)18-6-10-22-11-7-18)12-13(2)15(19)17-4-8-21-9-5-17/h13-14H,3-12H2,1-2H3. The van der Waals surface area contributed by atoms with Gasteiger partial charge < -0.3 is 19.3 Å². The highest BCUT2D eigenvalue weighted by Crippen LogP contribution is 2.21. The van der Waals surface area contributed by atoms with E-state index in [0.717, 1.165) is 6.42 Å². The third-order valence-corrected chi connectivity index (χ3v) is 4.55. The third kappa shape index (κ3) is 4.43. The fourth-order valence-corrected chi connectivity index (χ4v) is 3.11. The Balaban J connectivity index is 1.87. The van der Waals surface area contributed by atoms with Gasteiger partial charge in [-0.25, -0.2) is 0 Å². The van der Waals surface area contributed by atoms with Crippen LogP contribution in [0.2, 0.25) is 0 Å². The minimum atomic E-state index is -0.118. The first-order valence-electron chi connectivity index (χ1n) is 8.36. The molecule has 22 heavy (non-hydrogen) atoms. The second-order valence-electron chi connectivity index (χ2n) is 6.12. The summed E-state index contributed by atoms with van der Waals surface area (Å²) in [6, 6.07) is 0. The molecule has 0 aromatic heterocycles. The zero-order valence-corrected chi connectivity index (χ0v) is 13.8. The number of ether oxygens (including phenoxy) is 2. The Morgan fingerprint density at radius 3 is 1.82 bits per heavy atom. The second kappa shape index (κ2) is 8.48. The fourth-order valence-electron chi connectivity index (χ4n) is 3.11. The highest BCUT2D eigenvalue weighted by molar-refractivity contribution is 5.82. The number of morpholine rings is 2. The van der Waals surface area contributed by atoms with E-state index >= 15 is 0 Å². The van der Waals surface area contributed by atoms with Crippen molar-refractivity contribution in [1.82, 2.24) is 9.80 Å². The van der Waals surface area contributed by atoms with Crippen LogP contribution in [0.1, 0.15) is 26.7 Å². The first-order chi connectivity index (χ1) is 10.6. The molecule has 2 heterocycles. The van der Waals surface area contributed by atoms with Crippen LogP contribution < -0.4 is 0 Å². The quantitative estimate of drug-likeness (QED) is 0.752. The van der Waals surface area contributed by atoms with Crippen LogP contribution in [0, 0.1) is 11.8 Å². The average Bonchev–Trinajstić information content (AvgIpc) is 2.59. The van der Waals surface area contributed by atoms with Crippen molar-refractivity contribution >= 4 is 11.8 Å². The van der Waals surface area contributed by atoms with Crippen molar-refractivity contribution in [2.45, 2.75) is 26.7 Å². The van der Waals surface area contributed by atoms with Crippen LogP contribution in [0.15, 0.2) is 0 Å². The Morgan fingerprint density at radius 1 is 0.909 bits per heavy atom. The zero-order chi connectivity index (χ0) is 15.9. The van der Waals surface area contributed by atoms with Crippen LogP contribution in [0.5, 0.6) is 0 Å². The predicted octanol–water partition coefficient (Wildman–Crippen LogP) is 0.756. The van der Waals surface area contributed by atoms with Crippen molar-refractivity contribution in [3.63, 3.8) is 0 Å². The van der Waals surface area contributed by atoms with E-state index in [4.69, 9.17) is 9.47 Å². The van der Waals surface area contributed by atoms with Crippen molar-refractivity contribution in [1.29, 1.82) is 0 Å². The van der Waals surface area contributed by atoms with E-state index in [1.807, 2.05) is 23.6 Å². The molecular weight excluding hydrogens is 284 g/mol. The largest absolute Gasteiger partial charge is 0.378 e. The molecule has 2 fully saturated rings. The molecule has 6 nitrogen and oxygen atoms in total. The molecule has 2 aliphatic rings. The van der Waals surface area contributed by atoms with E-state index in [1.165, 1.54) is 0 Å². The molecule has 0 radical (unpaired) electrons. The van der Waals surface area contributed by atoms with Crippen molar-refractivity contribution in [2.24, 2.45) is 11.8 Å². The molecule has 0 aromatic rings. The van der Waals surface area contributed by atoms with Crippen molar-refractivity contribution in [2.75, 3.05) is 52.6 Å². The summed E-state index contributed by atoms with van der Waals surface area (Å²) in [5.74, 6) is 0.134. The third-order valence-electron chi connectivity index (χ3n) is 4.55. The van der Waals surface area contributed by atoms with Gasteiger partial charge in [0.1, 0.15) is 0 Å². The topological polar surface area (TPSA) is 59.1 Å². The summed E-state index contributed by atoms with van der Waals surface area (Å²) >= 11 is 0. The van der Waals surface area contributed by atoms with Gasteiger partial charge in [0, 0.05) is 38.0 Å². The molecule has 0 N–H and O–H groups in total. The van der Waals surface area contributed by atoms with Gasteiger partial charge in [-0.15, -0.1) is 0 Å². The lowest BCUT2D eigenvalue weighted by atomic mass is 9.91. The highest BCUT2D eigenvalue weighted by Gasteiger charge is 2.30. The van der Waals surface area contributed by atoms with E-state index in [1.54, 1.807) is 0 Å². The second-order valence-corrected chi connectivity index (χ2v) is 6.12. The molecule has 2 atom stereocenters. The molecule has 2 rings (SSSR count). The average molecular weight is 312 g/mol. The molecule has 126 valence electrons. The van der Waals surface area contributed by atoms with Gasteiger partial charge in [-0.1, -0.05) is 13.8 Å². The van der Waals surface area contributed by atoms with Crippen molar-refractivity contribution < 1.29 is 19.1 Å². The lowest BCUT2D eigenvalue weighted by Crippen LogP contribution is -2.46. The molecule has 2 unspecified atom stereocenters. The van der Waals surface area contributed by atoms with Crippen molar-refractivity contribution in [3.8, 4) is 0 Å². The Kier molecular flexibility index (Phi) is 6.64. The zero-order valence-electron chi connectivity index (χ0n) is 13.8. The molecule has 0 bridgehead atoms. The van der Waals surface area contributed by atoms with Crippen LogP contribution >= 0.6 is 0 Å². The minimum absolute atomic E-state index is 0.0712. The molecule has 2 aliphatic heterocycles. The summed E-state index contributed by atoms with van der Waals surface area (Å²) in [7, 11) is 0. The van der Waals surface area contributed by atoms with Crippen LogP contribution in [0.25, 0.3) is 0 Å². The van der Waals surface area contributed by atoms with Crippen LogP contribution in [0.3, 0.4) is 0 Å². The van der Waals surface area contributed by atoms with Gasteiger partial charge in [-0.2, -0.15) is 0 Å². The van der Waals surface area contributed by atoms with E-state index in [9.17, 15) is 9.59 Å². The van der Waals surface area contributed by atoms with Gasteiger partial charge in [0.05, 0.1) is 26.4 Å². The van der Waals surface area contributed by atoms with Crippen molar-refractivity contribution in [3.05, 3.63) is 0 Å². The summed E-state index contributed by atoms with van der Waals surface area (Å²) in [5, 5.41) is 0. The lowest BCUT2D eigenvalue weighted by Gasteiger charge is -2.32. The maximum absolute atomic E-state index is 12.6. The maximum atomic E-state index is 12.6. The van der Waals surface area contributed by atoms with Gasteiger partial charge in [0.25, 0.3) is 0 Å². The molecule has 0 aliphatic carbocycles. The fraction of sp³-hybridized carbons (Fsp3) is 0.875. The Labute approximate surface area is 132 Å². The Morgan fingerprint density at radius 2 is 1.36 bits per heavy atom. The number of hydrogen-bond acceptors (Lipinski definition) is 4. The smallest absolute Gasteiger partial charge is 0.225 e. The summed E-state index contributed by atoms with van der Waals surface area (Å²) < 4.78 is 10.6. The lowest BCUT2D eigenvalue weighted by molar-refractivity contribution is -0.143. The summed E-state index contributed by atoms with van der Waals surface area (Å²) in [4.78, 5) is 28.8. The molecular formula is C16H28N2O4. The summed E-state index contributed by atoms with van der Waals surface area (Å²) in [6.07, 6.45) is 1.40. The number of carbonyl (C=O) groups is 2. The first kappa shape index (κ1) is 17.2. The van der Waals surface area contributed by atoms with Gasteiger partial charge in [-0.05, 0) is 12.8 Å². The van der Waals surface area contributed by atoms with Gasteiger partial charge in [0.15, 0.2) is 0 Å². The Bertz CT molecular complexity index is 376. The molecule has 2 amide bonds. The molecule has 0 aromatic carbocycles. The van der Waals surface area contributed by atoms with E-state index in [0.29, 0.717) is 59.0 Å². The Hall–Kier alpha value is -1.14. The van der Waals surface area contributed by atoms with Crippen LogP contribution in [-0.4, -0.2) is 74.2 Å². The SMILES string of the molecule is CCC(CC(C)C(=O)N1CCOCC1)C(=O)N1CCOCC1. The van der Waals surface area contributed by atoms with E-state index < -0.39 is 0 Å². The minimum Gasteiger partial charge on any atom is -0.378 e. The van der Waals surface area contributed by atoms with Gasteiger partial charge in [0.2, 0.25) is 11.8 Å². The van der Waals surface area contributed by atoms with Gasteiger partial charge >= 0.3 is 0 Å². The maximum Gasteiger partial charge on any atom is 0.225 e. The molecule has 0 saturated carbocycles. The van der Waals surface area contributed by atoms with E-state index in [-0.39, 0.29) is 23.7 Å². The monoisotopic (exact) mass is 312 g/mol. The van der Waals surface area contributed by atoms with Crippen LogP contribution in [0.4, 0.5) is 0 Å². The number of nitrogens with zero attached hydrogens (tertiary/aromatic N) is 2. The summed E-state index contributed by atoms with van der Waals surface area (Å²) in [6.45, 7) is 9.08. The number of rotatable bonds is 5. The number of hydrogen-bond donors (Lipinski definition) is 0. The first-order valence-corrected chi connectivity index (χ1v) is 8.36. The molecule has 2 saturated heterocycles. The number of amides is 2. The predicted molar refractivity (Wildman–Crippen MR) is 82.4 cm³/mol. The number of carbonyl (C=O) groups excluding carboxylic acids is 2. The summed E-state index contributed by atoms with van der Waals surface area (Å²) in [5.41, 5.74) is 0. The molecule has 0 spiro atoms. The van der Waals surface area contributed by atoms with Crippen LogP contribution in [-0.2, 0) is 19.1 Å². The van der Waals surface area contributed by atoms with E-state index in [2.05, 4.69) is 0 Å². The van der Waals surface area contributed by atoms with Gasteiger partial charge in [-0.3, -0.25) is 9.59 Å². The highest BCUT2D eigenvalue weighted by atomic mass is 16.5. The molecule has 6 heteroatoms.